The van der Waals surface area contributed by atoms with Gasteiger partial charge >= 0.3 is 5.97 Å². The van der Waals surface area contributed by atoms with E-state index in [-0.39, 0.29) is 6.54 Å². The smallest absolute Gasteiger partial charge is 0.323 e. The van der Waals surface area contributed by atoms with Crippen LogP contribution in [0.2, 0.25) is 0 Å². The number of hydrogen-bond acceptors (Lipinski definition) is 1. The molecule has 3 nitrogen and oxygen atoms in total. The molecule has 0 amide bonds. The van der Waals surface area contributed by atoms with Crippen molar-refractivity contribution in [3.8, 4) is 0 Å². The molecule has 0 aliphatic heterocycles. The Balaban J connectivity index is 2.74. The fourth-order valence-corrected chi connectivity index (χ4v) is 2.53. The zero-order valence-corrected chi connectivity index (χ0v) is 10.4. The highest BCUT2D eigenvalue weighted by Gasteiger charge is 2.17. The molecule has 1 aromatic heterocycles. The number of rotatable bonds is 3. The Kier molecular flexibility index (Phi) is 2.92. The van der Waals surface area contributed by atoms with E-state index in [1.807, 2.05) is 29.7 Å². The quantitative estimate of drug-likeness (QED) is 0.881. The predicted octanol–water partition coefficient (Wildman–Crippen LogP) is 3.16. The van der Waals surface area contributed by atoms with Crippen LogP contribution in [0.25, 0.3) is 10.9 Å². The highest BCUT2D eigenvalue weighted by molar-refractivity contribution is 5.87. The summed E-state index contributed by atoms with van der Waals surface area (Å²) in [5.74, 6) is -0.404. The Labute approximate surface area is 101 Å². The van der Waals surface area contributed by atoms with E-state index in [1.165, 1.54) is 10.9 Å². The normalized spacial score (nSPS) is 11.3. The largest absolute Gasteiger partial charge is 0.480 e. The molecule has 0 saturated carbocycles. The van der Waals surface area contributed by atoms with E-state index in [0.29, 0.717) is 5.92 Å². The highest BCUT2D eigenvalue weighted by Crippen LogP contribution is 2.31. The number of benzene rings is 1. The Morgan fingerprint density at radius 3 is 2.59 bits per heavy atom. The van der Waals surface area contributed by atoms with Gasteiger partial charge in [0.05, 0.1) is 0 Å². The SMILES string of the molecule is Cc1c(C(C)C)c2ccccc2n1CC(=O)O. The molecule has 0 bridgehead atoms. The van der Waals surface area contributed by atoms with Crippen molar-refractivity contribution in [2.24, 2.45) is 0 Å². The average molecular weight is 231 g/mol. The van der Waals surface area contributed by atoms with Gasteiger partial charge in [-0.3, -0.25) is 4.79 Å². The topological polar surface area (TPSA) is 42.2 Å². The number of hydrogen-bond donors (Lipinski definition) is 1. The lowest BCUT2D eigenvalue weighted by molar-refractivity contribution is -0.137. The molecule has 0 aliphatic rings. The number of aromatic nitrogens is 1. The van der Waals surface area contributed by atoms with Gasteiger partial charge in [-0.25, -0.2) is 0 Å². The molecule has 2 aromatic rings. The fourth-order valence-electron chi connectivity index (χ4n) is 2.53. The summed E-state index contributed by atoms with van der Waals surface area (Å²) in [4.78, 5) is 10.9. The number of aliphatic carboxylic acids is 1. The number of para-hydroxylation sites is 1. The van der Waals surface area contributed by atoms with Crippen LogP contribution in [0.1, 0.15) is 31.0 Å². The number of carboxylic acid groups (broad SMARTS) is 1. The van der Waals surface area contributed by atoms with Crippen molar-refractivity contribution in [3.05, 3.63) is 35.5 Å². The van der Waals surface area contributed by atoms with Crippen molar-refractivity contribution in [1.82, 2.24) is 4.57 Å². The van der Waals surface area contributed by atoms with Gasteiger partial charge in [0.1, 0.15) is 6.54 Å². The number of carboxylic acids is 1. The van der Waals surface area contributed by atoms with Gasteiger partial charge in [-0.05, 0) is 24.5 Å². The zero-order valence-electron chi connectivity index (χ0n) is 10.4. The Bertz CT molecular complexity index is 567. The molecule has 0 saturated heterocycles. The summed E-state index contributed by atoms with van der Waals surface area (Å²) >= 11 is 0. The van der Waals surface area contributed by atoms with Crippen molar-refractivity contribution < 1.29 is 9.90 Å². The number of carbonyl (C=O) groups is 1. The van der Waals surface area contributed by atoms with E-state index in [1.54, 1.807) is 0 Å². The molecule has 0 spiro atoms. The molecule has 1 aromatic carbocycles. The lowest BCUT2D eigenvalue weighted by Gasteiger charge is -2.07. The molecule has 17 heavy (non-hydrogen) atoms. The van der Waals surface area contributed by atoms with E-state index >= 15 is 0 Å². The highest BCUT2D eigenvalue weighted by atomic mass is 16.4. The van der Waals surface area contributed by atoms with E-state index in [0.717, 1.165) is 11.2 Å². The summed E-state index contributed by atoms with van der Waals surface area (Å²) in [6, 6.07) is 8.00. The van der Waals surface area contributed by atoms with Crippen LogP contribution in [0.3, 0.4) is 0 Å². The Hall–Kier alpha value is -1.77. The van der Waals surface area contributed by atoms with Gasteiger partial charge in [0.25, 0.3) is 0 Å². The van der Waals surface area contributed by atoms with E-state index in [4.69, 9.17) is 5.11 Å². The first-order valence-corrected chi connectivity index (χ1v) is 5.82. The molecular weight excluding hydrogens is 214 g/mol. The molecule has 2 rings (SSSR count). The second kappa shape index (κ2) is 4.24. The van der Waals surface area contributed by atoms with Gasteiger partial charge in [0.2, 0.25) is 0 Å². The summed E-state index contributed by atoms with van der Waals surface area (Å²) in [6.07, 6.45) is 0. The molecule has 0 aliphatic carbocycles. The fraction of sp³-hybridized carbons (Fsp3) is 0.357. The van der Waals surface area contributed by atoms with Crippen LogP contribution in [-0.4, -0.2) is 15.6 Å². The molecular formula is C14H17NO2. The summed E-state index contributed by atoms with van der Waals surface area (Å²) in [5.41, 5.74) is 3.32. The first-order valence-electron chi connectivity index (χ1n) is 5.82. The minimum absolute atomic E-state index is 0.0269. The number of fused-ring (bicyclic) bond motifs is 1. The second-order valence-electron chi connectivity index (χ2n) is 4.65. The monoisotopic (exact) mass is 231 g/mol. The lowest BCUT2D eigenvalue weighted by Crippen LogP contribution is -2.10. The second-order valence-corrected chi connectivity index (χ2v) is 4.65. The third-order valence-electron chi connectivity index (χ3n) is 3.15. The van der Waals surface area contributed by atoms with Gasteiger partial charge in [-0.1, -0.05) is 32.0 Å². The summed E-state index contributed by atoms with van der Waals surface area (Å²) < 4.78 is 1.88. The standard InChI is InChI=1S/C14H17NO2/c1-9(2)14-10(3)15(8-13(16)17)12-7-5-4-6-11(12)14/h4-7,9H,8H2,1-3H3,(H,16,17). The molecule has 0 radical (unpaired) electrons. The van der Waals surface area contributed by atoms with Crippen LogP contribution in [-0.2, 0) is 11.3 Å². The molecule has 0 fully saturated rings. The first-order chi connectivity index (χ1) is 8.02. The molecule has 0 atom stereocenters. The molecule has 3 heteroatoms. The van der Waals surface area contributed by atoms with Crippen LogP contribution in [0.15, 0.2) is 24.3 Å². The third kappa shape index (κ3) is 1.93. The minimum atomic E-state index is -0.802. The van der Waals surface area contributed by atoms with Crippen molar-refractivity contribution in [2.75, 3.05) is 0 Å². The van der Waals surface area contributed by atoms with Crippen LogP contribution in [0.4, 0.5) is 0 Å². The van der Waals surface area contributed by atoms with E-state index < -0.39 is 5.97 Å². The third-order valence-corrected chi connectivity index (χ3v) is 3.15. The van der Waals surface area contributed by atoms with Gasteiger partial charge in [0.15, 0.2) is 0 Å². The Morgan fingerprint density at radius 1 is 1.35 bits per heavy atom. The predicted molar refractivity (Wildman–Crippen MR) is 68.4 cm³/mol. The van der Waals surface area contributed by atoms with Crippen LogP contribution in [0.5, 0.6) is 0 Å². The lowest BCUT2D eigenvalue weighted by atomic mass is 10.00. The molecule has 90 valence electrons. The van der Waals surface area contributed by atoms with Crippen molar-refractivity contribution >= 4 is 16.9 Å². The van der Waals surface area contributed by atoms with Crippen LogP contribution < -0.4 is 0 Å². The maximum atomic E-state index is 10.9. The average Bonchev–Trinajstić information content (AvgIpc) is 2.52. The maximum absolute atomic E-state index is 10.9. The first kappa shape index (κ1) is 11.7. The summed E-state index contributed by atoms with van der Waals surface area (Å²) in [6.45, 7) is 6.30. The molecule has 0 unspecified atom stereocenters. The van der Waals surface area contributed by atoms with E-state index in [9.17, 15) is 4.79 Å². The van der Waals surface area contributed by atoms with Gasteiger partial charge < -0.3 is 9.67 Å². The number of nitrogens with zero attached hydrogens (tertiary/aromatic N) is 1. The molecule has 1 N–H and O–H groups in total. The van der Waals surface area contributed by atoms with E-state index in [2.05, 4.69) is 19.9 Å². The van der Waals surface area contributed by atoms with Crippen molar-refractivity contribution in [2.45, 2.75) is 33.2 Å². The minimum Gasteiger partial charge on any atom is -0.480 e. The van der Waals surface area contributed by atoms with Gasteiger partial charge in [-0.2, -0.15) is 0 Å². The van der Waals surface area contributed by atoms with Crippen molar-refractivity contribution in [1.29, 1.82) is 0 Å². The molecule has 1 heterocycles. The van der Waals surface area contributed by atoms with Gasteiger partial charge in [0, 0.05) is 16.6 Å². The maximum Gasteiger partial charge on any atom is 0.323 e. The summed E-state index contributed by atoms with van der Waals surface area (Å²) in [5, 5.41) is 10.1. The van der Waals surface area contributed by atoms with Crippen LogP contribution in [0, 0.1) is 6.92 Å². The zero-order chi connectivity index (χ0) is 12.6. The van der Waals surface area contributed by atoms with Crippen LogP contribution >= 0.6 is 0 Å². The Morgan fingerprint density at radius 2 is 2.00 bits per heavy atom. The summed E-state index contributed by atoms with van der Waals surface area (Å²) in [7, 11) is 0. The van der Waals surface area contributed by atoms with Crippen molar-refractivity contribution in [3.63, 3.8) is 0 Å². The van der Waals surface area contributed by atoms with Gasteiger partial charge in [-0.15, -0.1) is 0 Å².